The van der Waals surface area contributed by atoms with Gasteiger partial charge in [-0.2, -0.15) is 0 Å². The molecule has 1 N–H and O–H groups in total. The van der Waals surface area contributed by atoms with Crippen LogP contribution in [0.1, 0.15) is 44.2 Å². The van der Waals surface area contributed by atoms with Crippen molar-refractivity contribution in [3.8, 4) is 0 Å². The highest BCUT2D eigenvalue weighted by Gasteiger charge is 2.75. The molecular formula is C29H36N2O6. The fourth-order valence-corrected chi connectivity index (χ4v) is 6.81. The van der Waals surface area contributed by atoms with Crippen LogP contribution < -0.4 is 4.90 Å². The molecule has 1 aromatic rings. The normalized spacial score (nSPS) is 35.1. The van der Waals surface area contributed by atoms with Gasteiger partial charge < -0.3 is 24.4 Å². The van der Waals surface area contributed by atoms with Crippen molar-refractivity contribution in [3.05, 3.63) is 53.6 Å². The maximum atomic E-state index is 14.5. The van der Waals surface area contributed by atoms with Crippen molar-refractivity contribution < 1.29 is 29.0 Å². The zero-order valence-electron chi connectivity index (χ0n) is 22.0. The first kappa shape index (κ1) is 25.7. The third kappa shape index (κ3) is 3.67. The van der Waals surface area contributed by atoms with Crippen LogP contribution in [0.2, 0.25) is 0 Å². The molecule has 8 heteroatoms. The van der Waals surface area contributed by atoms with E-state index in [1.807, 2.05) is 63.3 Å². The fourth-order valence-electron chi connectivity index (χ4n) is 6.81. The number of anilines is 1. The number of hydrogen-bond donors (Lipinski definition) is 1. The summed E-state index contributed by atoms with van der Waals surface area (Å²) in [7, 11) is 0. The molecule has 0 aromatic heterocycles. The lowest BCUT2D eigenvalue weighted by molar-refractivity contribution is -0.160. The van der Waals surface area contributed by atoms with Gasteiger partial charge in [0.15, 0.2) is 0 Å². The number of carbonyl (C=O) groups is 3. The maximum Gasteiger partial charge on any atom is 0.313 e. The van der Waals surface area contributed by atoms with Crippen LogP contribution in [0, 0.1) is 25.7 Å². The van der Waals surface area contributed by atoms with Gasteiger partial charge in [0.2, 0.25) is 5.91 Å². The predicted octanol–water partition coefficient (Wildman–Crippen LogP) is 2.84. The Morgan fingerprint density at radius 1 is 1.08 bits per heavy atom. The number of allylic oxidation sites excluding steroid dienone is 1. The van der Waals surface area contributed by atoms with E-state index < -0.39 is 41.1 Å². The second-order valence-corrected chi connectivity index (χ2v) is 10.7. The highest BCUT2D eigenvalue weighted by atomic mass is 16.6. The summed E-state index contributed by atoms with van der Waals surface area (Å²) in [6.45, 7) is 7.81. The number of benzene rings is 1. The number of aliphatic hydroxyl groups excluding tert-OH is 1. The summed E-state index contributed by atoms with van der Waals surface area (Å²) in [5, 5.41) is 10.1. The fraction of sp³-hybridized carbons (Fsp3) is 0.552. The molecule has 0 saturated carbocycles. The molecule has 4 aliphatic heterocycles. The number of para-hydroxylation sites is 1. The van der Waals surface area contributed by atoms with E-state index in [1.165, 1.54) is 4.90 Å². The molecule has 8 nitrogen and oxygen atoms in total. The number of esters is 1. The van der Waals surface area contributed by atoms with Gasteiger partial charge in [-0.25, -0.2) is 0 Å². The van der Waals surface area contributed by atoms with Crippen LogP contribution in [0.15, 0.2) is 42.5 Å². The van der Waals surface area contributed by atoms with Gasteiger partial charge in [-0.15, -0.1) is 0 Å². The molecule has 1 unspecified atom stereocenters. The zero-order valence-corrected chi connectivity index (χ0v) is 22.0. The first-order valence-corrected chi connectivity index (χ1v) is 13.2. The number of aliphatic hydroxyl groups is 1. The molecular weight excluding hydrogens is 472 g/mol. The summed E-state index contributed by atoms with van der Waals surface area (Å²) in [6, 6.07) is 4.19. The molecule has 37 heavy (non-hydrogen) atoms. The highest BCUT2D eigenvalue weighted by Crippen LogP contribution is 2.58. The summed E-state index contributed by atoms with van der Waals surface area (Å²) in [5.41, 5.74) is 0.245. The number of nitrogens with zero attached hydrogens (tertiary/aromatic N) is 2. The molecule has 1 aromatic carbocycles. The number of cyclic esters (lactones) is 1. The van der Waals surface area contributed by atoms with Gasteiger partial charge in [0.05, 0.1) is 25.2 Å². The van der Waals surface area contributed by atoms with Crippen LogP contribution >= 0.6 is 0 Å². The second-order valence-electron chi connectivity index (χ2n) is 10.7. The van der Waals surface area contributed by atoms with Crippen LogP contribution in [0.25, 0.3) is 0 Å². The van der Waals surface area contributed by atoms with Crippen LogP contribution in [0.5, 0.6) is 0 Å². The molecule has 6 atom stereocenters. The van der Waals surface area contributed by atoms with Crippen molar-refractivity contribution in [3.63, 3.8) is 0 Å². The van der Waals surface area contributed by atoms with Gasteiger partial charge in [-0.1, -0.05) is 49.4 Å². The highest BCUT2D eigenvalue weighted by molar-refractivity contribution is 6.06. The lowest BCUT2D eigenvalue weighted by atomic mass is 9.73. The molecule has 2 saturated heterocycles. The second kappa shape index (κ2) is 9.40. The smallest absolute Gasteiger partial charge is 0.313 e. The summed E-state index contributed by atoms with van der Waals surface area (Å²) in [6.07, 6.45) is 9.47. The average molecular weight is 509 g/mol. The van der Waals surface area contributed by atoms with Crippen molar-refractivity contribution in [2.75, 3.05) is 24.7 Å². The Morgan fingerprint density at radius 2 is 1.81 bits per heavy atom. The molecule has 4 aliphatic rings. The monoisotopic (exact) mass is 508 g/mol. The van der Waals surface area contributed by atoms with Crippen molar-refractivity contribution in [2.45, 2.75) is 70.2 Å². The topological polar surface area (TPSA) is 96.4 Å². The van der Waals surface area contributed by atoms with Gasteiger partial charge in [0.25, 0.3) is 5.91 Å². The maximum absolute atomic E-state index is 14.5. The van der Waals surface area contributed by atoms with E-state index in [0.29, 0.717) is 19.4 Å². The number of likely N-dealkylation sites (tertiary alicyclic amines) is 1. The van der Waals surface area contributed by atoms with Crippen LogP contribution in [0.4, 0.5) is 5.69 Å². The summed E-state index contributed by atoms with van der Waals surface area (Å²) in [5.74, 6) is -2.97. The SMILES string of the molecule is CC[C@@]12/C=C\CCCOC(=O)[C@@H]1[C@H]1C(=O)N([C@H](C)CO)C3C(=O)N(c4c(C)cccc4C)CC=C[C@@]31O2. The van der Waals surface area contributed by atoms with Crippen molar-refractivity contribution in [1.82, 2.24) is 4.90 Å². The molecule has 1 spiro atoms. The van der Waals surface area contributed by atoms with Crippen LogP contribution in [0.3, 0.4) is 0 Å². The number of ether oxygens (including phenoxy) is 2. The van der Waals surface area contributed by atoms with Gasteiger partial charge >= 0.3 is 5.97 Å². The lowest BCUT2D eigenvalue weighted by Gasteiger charge is -2.40. The lowest BCUT2D eigenvalue weighted by Crippen LogP contribution is -2.58. The number of fused-ring (bicyclic) bond motifs is 2. The quantitative estimate of drug-likeness (QED) is 0.496. The Kier molecular flexibility index (Phi) is 6.52. The summed E-state index contributed by atoms with van der Waals surface area (Å²) in [4.78, 5) is 45.4. The molecule has 4 heterocycles. The molecule has 0 radical (unpaired) electrons. The van der Waals surface area contributed by atoms with E-state index in [4.69, 9.17) is 9.47 Å². The Hall–Kier alpha value is -2.97. The minimum atomic E-state index is -1.37. The van der Waals surface area contributed by atoms with E-state index in [0.717, 1.165) is 23.2 Å². The molecule has 0 aliphatic carbocycles. The minimum Gasteiger partial charge on any atom is -0.465 e. The van der Waals surface area contributed by atoms with Crippen molar-refractivity contribution >= 4 is 23.5 Å². The number of hydrogen-bond acceptors (Lipinski definition) is 6. The zero-order chi connectivity index (χ0) is 26.5. The Bertz CT molecular complexity index is 1160. The first-order valence-electron chi connectivity index (χ1n) is 13.2. The van der Waals surface area contributed by atoms with E-state index in [-0.39, 0.29) is 25.0 Å². The van der Waals surface area contributed by atoms with E-state index >= 15 is 0 Å². The summed E-state index contributed by atoms with van der Waals surface area (Å²) >= 11 is 0. The number of carbonyl (C=O) groups excluding carboxylic acids is 3. The number of rotatable bonds is 4. The van der Waals surface area contributed by atoms with Gasteiger partial charge in [0.1, 0.15) is 23.2 Å². The Balaban J connectivity index is 1.71. The van der Waals surface area contributed by atoms with Crippen molar-refractivity contribution in [1.29, 1.82) is 0 Å². The molecule has 198 valence electrons. The van der Waals surface area contributed by atoms with Crippen LogP contribution in [-0.2, 0) is 23.9 Å². The predicted molar refractivity (Wildman–Crippen MR) is 138 cm³/mol. The molecule has 0 bridgehead atoms. The van der Waals surface area contributed by atoms with Gasteiger partial charge in [-0.3, -0.25) is 14.4 Å². The van der Waals surface area contributed by atoms with Crippen LogP contribution in [-0.4, -0.2) is 70.8 Å². The average Bonchev–Trinajstić information content (AvgIpc) is 3.26. The van der Waals surface area contributed by atoms with E-state index in [1.54, 1.807) is 11.8 Å². The third-order valence-corrected chi connectivity index (χ3v) is 8.52. The van der Waals surface area contributed by atoms with Gasteiger partial charge in [-0.05, 0) is 51.2 Å². The molecule has 2 amide bonds. The minimum absolute atomic E-state index is 0.267. The van der Waals surface area contributed by atoms with Crippen molar-refractivity contribution in [2.24, 2.45) is 11.8 Å². The molecule has 2 fully saturated rings. The number of aryl methyl sites for hydroxylation is 2. The van der Waals surface area contributed by atoms with E-state index in [9.17, 15) is 19.5 Å². The van der Waals surface area contributed by atoms with E-state index in [2.05, 4.69) is 0 Å². The summed E-state index contributed by atoms with van der Waals surface area (Å²) < 4.78 is 12.5. The Morgan fingerprint density at radius 3 is 2.49 bits per heavy atom. The molecule has 5 rings (SSSR count). The Labute approximate surface area is 217 Å². The first-order chi connectivity index (χ1) is 17.7. The standard InChI is InChI=1S/C29H36N2O6/c1-5-28-13-7-6-8-16-36-27(35)22(28)21-25(33)31(20(4)17-32)24-26(34)30(15-10-14-29(21,24)37-28)23-18(2)11-9-12-19(23)3/h7,9-14,20-22,24,32H,5-6,8,15-17H2,1-4H3/b13-7-/t20-,21+,22+,24?,28-,29+/m1/s1. The number of amides is 2. The largest absolute Gasteiger partial charge is 0.465 e. The van der Waals surface area contributed by atoms with Gasteiger partial charge in [0, 0.05) is 12.2 Å². The third-order valence-electron chi connectivity index (χ3n) is 8.52.